The van der Waals surface area contributed by atoms with Crippen LogP contribution in [-0.4, -0.2) is 70.6 Å². The first-order chi connectivity index (χ1) is 12.9. The van der Waals surface area contributed by atoms with Crippen molar-refractivity contribution in [2.45, 2.75) is 57.8 Å². The number of primary amides is 1. The number of carbonyl (C=O) groups excluding carboxylic acids is 4. The van der Waals surface area contributed by atoms with Gasteiger partial charge in [-0.25, -0.2) is 4.79 Å². The summed E-state index contributed by atoms with van der Waals surface area (Å²) in [7, 11) is 0. The monoisotopic (exact) mass is 403 g/mol. The van der Waals surface area contributed by atoms with Gasteiger partial charge >= 0.3 is 5.97 Å². The number of aliphatic hydroxyl groups is 1. The lowest BCUT2D eigenvalue weighted by Crippen LogP contribution is -2.56. The number of carboxylic acid groups (broad SMARTS) is 1. The van der Waals surface area contributed by atoms with Gasteiger partial charge in [-0.2, -0.15) is 0 Å². The first-order valence-corrected chi connectivity index (χ1v) is 8.69. The predicted molar refractivity (Wildman–Crippen MR) is 97.4 cm³/mol. The molecule has 12 nitrogen and oxygen atoms in total. The van der Waals surface area contributed by atoms with E-state index in [0.29, 0.717) is 0 Å². The molecule has 160 valence electrons. The summed E-state index contributed by atoms with van der Waals surface area (Å²) in [5, 5.41) is 25.3. The summed E-state index contributed by atoms with van der Waals surface area (Å²) in [6.45, 7) is 4.09. The second-order valence-electron chi connectivity index (χ2n) is 6.68. The number of hydrogen-bond acceptors (Lipinski definition) is 7. The zero-order valence-corrected chi connectivity index (χ0v) is 16.1. The summed E-state index contributed by atoms with van der Waals surface area (Å²) >= 11 is 0. The van der Waals surface area contributed by atoms with Crippen molar-refractivity contribution in [1.82, 2.24) is 16.0 Å². The van der Waals surface area contributed by atoms with E-state index in [2.05, 4.69) is 16.0 Å². The summed E-state index contributed by atoms with van der Waals surface area (Å²) in [5.74, 6) is -4.66. The minimum absolute atomic E-state index is 0.192. The second kappa shape index (κ2) is 11.9. The third-order valence-corrected chi connectivity index (χ3v) is 3.81. The van der Waals surface area contributed by atoms with Gasteiger partial charge in [-0.15, -0.1) is 0 Å². The highest BCUT2D eigenvalue weighted by Gasteiger charge is 2.29. The van der Waals surface area contributed by atoms with Crippen molar-refractivity contribution in [1.29, 1.82) is 0 Å². The number of amides is 4. The maximum atomic E-state index is 12.4. The minimum atomic E-state index is -1.35. The van der Waals surface area contributed by atoms with Crippen LogP contribution < -0.4 is 27.4 Å². The molecule has 0 saturated heterocycles. The number of carboxylic acids is 1. The Labute approximate surface area is 162 Å². The SMILES string of the molecule is CC(C)C(NC(=O)CNC(=O)C(N)C(C)O)C(=O)NC(CCC(N)=O)C(=O)O. The molecule has 0 aromatic rings. The average molecular weight is 403 g/mol. The Balaban J connectivity index is 4.85. The molecule has 0 aromatic heterocycles. The highest BCUT2D eigenvalue weighted by molar-refractivity contribution is 5.92. The molecule has 28 heavy (non-hydrogen) atoms. The van der Waals surface area contributed by atoms with Crippen LogP contribution in [0.4, 0.5) is 0 Å². The van der Waals surface area contributed by atoms with E-state index in [0.717, 1.165) is 0 Å². The van der Waals surface area contributed by atoms with Crippen LogP contribution >= 0.6 is 0 Å². The highest BCUT2D eigenvalue weighted by Crippen LogP contribution is 2.05. The van der Waals surface area contributed by atoms with Crippen LogP contribution in [-0.2, 0) is 24.0 Å². The summed E-state index contributed by atoms with van der Waals surface area (Å²) in [6.07, 6.45) is -1.53. The topological polar surface area (TPSA) is 214 Å². The van der Waals surface area contributed by atoms with Crippen molar-refractivity contribution >= 4 is 29.6 Å². The van der Waals surface area contributed by atoms with Gasteiger partial charge in [0.1, 0.15) is 18.1 Å². The van der Waals surface area contributed by atoms with Crippen molar-refractivity contribution < 1.29 is 34.2 Å². The third kappa shape index (κ3) is 9.28. The fourth-order valence-corrected chi connectivity index (χ4v) is 2.07. The molecule has 0 saturated carbocycles. The average Bonchev–Trinajstić information content (AvgIpc) is 2.59. The molecule has 0 rings (SSSR count). The molecule has 9 N–H and O–H groups in total. The quantitative estimate of drug-likeness (QED) is 0.175. The molecule has 4 unspecified atom stereocenters. The lowest BCUT2D eigenvalue weighted by molar-refractivity contribution is -0.142. The summed E-state index contributed by atoms with van der Waals surface area (Å²) < 4.78 is 0. The van der Waals surface area contributed by atoms with Crippen molar-refractivity contribution in [2.75, 3.05) is 6.54 Å². The fraction of sp³-hybridized carbons (Fsp3) is 0.688. The Kier molecular flexibility index (Phi) is 10.7. The largest absolute Gasteiger partial charge is 0.480 e. The molecular weight excluding hydrogens is 374 g/mol. The molecule has 0 fully saturated rings. The van der Waals surface area contributed by atoms with Crippen LogP contribution in [0.25, 0.3) is 0 Å². The molecule has 0 aliphatic carbocycles. The predicted octanol–water partition coefficient (Wildman–Crippen LogP) is -3.21. The van der Waals surface area contributed by atoms with Crippen LogP contribution in [0, 0.1) is 5.92 Å². The first-order valence-electron chi connectivity index (χ1n) is 8.69. The molecule has 0 aromatic carbocycles. The zero-order chi connectivity index (χ0) is 22.0. The van der Waals surface area contributed by atoms with Crippen molar-refractivity contribution in [3.63, 3.8) is 0 Å². The van der Waals surface area contributed by atoms with E-state index in [9.17, 15) is 29.1 Å². The maximum absolute atomic E-state index is 12.4. The van der Waals surface area contributed by atoms with Gasteiger partial charge < -0.3 is 37.6 Å². The van der Waals surface area contributed by atoms with Crippen molar-refractivity contribution in [2.24, 2.45) is 17.4 Å². The molecule has 4 amide bonds. The van der Waals surface area contributed by atoms with Gasteiger partial charge in [0.05, 0.1) is 12.6 Å². The van der Waals surface area contributed by atoms with Gasteiger partial charge in [-0.1, -0.05) is 13.8 Å². The Morgan fingerprint density at radius 2 is 1.57 bits per heavy atom. The van der Waals surface area contributed by atoms with Crippen LogP contribution in [0.2, 0.25) is 0 Å². The van der Waals surface area contributed by atoms with Crippen molar-refractivity contribution in [3.8, 4) is 0 Å². The standard InChI is InChI=1S/C16H29N5O7/c1-7(2)13(15(26)20-9(16(27)28)4-5-10(17)23)21-11(24)6-19-14(25)12(18)8(3)22/h7-9,12-13,22H,4-6,18H2,1-3H3,(H2,17,23)(H,19,25)(H,20,26)(H,21,24)(H,27,28). The maximum Gasteiger partial charge on any atom is 0.326 e. The van der Waals surface area contributed by atoms with E-state index in [1.54, 1.807) is 13.8 Å². The van der Waals surface area contributed by atoms with Crippen LogP contribution in [0.3, 0.4) is 0 Å². The molecule has 0 aliphatic rings. The van der Waals surface area contributed by atoms with E-state index >= 15 is 0 Å². The number of nitrogens with one attached hydrogen (secondary N) is 3. The Hall–Kier alpha value is -2.73. The number of rotatable bonds is 12. The molecule has 0 aliphatic heterocycles. The van der Waals surface area contributed by atoms with Gasteiger partial charge in [0, 0.05) is 6.42 Å². The lowest BCUT2D eigenvalue weighted by atomic mass is 10.0. The van der Waals surface area contributed by atoms with Crippen LogP contribution in [0.15, 0.2) is 0 Å². The van der Waals surface area contributed by atoms with Gasteiger partial charge in [0.15, 0.2) is 0 Å². The normalized spacial score (nSPS) is 15.1. The molecule has 0 heterocycles. The third-order valence-electron chi connectivity index (χ3n) is 3.81. The Morgan fingerprint density at radius 3 is 2.00 bits per heavy atom. The Morgan fingerprint density at radius 1 is 1.00 bits per heavy atom. The van der Waals surface area contributed by atoms with Crippen LogP contribution in [0.5, 0.6) is 0 Å². The second-order valence-corrected chi connectivity index (χ2v) is 6.68. The first kappa shape index (κ1) is 25.3. The highest BCUT2D eigenvalue weighted by atomic mass is 16.4. The molecule has 0 radical (unpaired) electrons. The number of aliphatic carboxylic acids is 1. The summed E-state index contributed by atoms with van der Waals surface area (Å²) in [6, 6.07) is -3.63. The van der Waals surface area contributed by atoms with E-state index in [-0.39, 0.29) is 12.8 Å². The molecule has 0 spiro atoms. The van der Waals surface area contributed by atoms with Crippen LogP contribution in [0.1, 0.15) is 33.6 Å². The van der Waals surface area contributed by atoms with Gasteiger partial charge in [0.2, 0.25) is 23.6 Å². The molecule has 0 bridgehead atoms. The number of hydrogen-bond donors (Lipinski definition) is 7. The number of carbonyl (C=O) groups is 5. The zero-order valence-electron chi connectivity index (χ0n) is 16.1. The van der Waals surface area contributed by atoms with E-state index in [1.165, 1.54) is 6.92 Å². The van der Waals surface area contributed by atoms with Gasteiger partial charge in [-0.05, 0) is 19.3 Å². The molecule has 4 atom stereocenters. The van der Waals surface area contributed by atoms with E-state index in [4.69, 9.17) is 16.6 Å². The van der Waals surface area contributed by atoms with E-state index < -0.39 is 66.3 Å². The van der Waals surface area contributed by atoms with Gasteiger partial charge in [0.25, 0.3) is 0 Å². The smallest absolute Gasteiger partial charge is 0.326 e. The summed E-state index contributed by atoms with van der Waals surface area (Å²) in [4.78, 5) is 58.0. The Bertz CT molecular complexity index is 594. The van der Waals surface area contributed by atoms with E-state index in [1.807, 2.05) is 0 Å². The number of nitrogens with two attached hydrogens (primary N) is 2. The summed E-state index contributed by atoms with van der Waals surface area (Å²) in [5.41, 5.74) is 10.4. The molecule has 12 heteroatoms. The number of aliphatic hydroxyl groups excluding tert-OH is 1. The fourth-order valence-electron chi connectivity index (χ4n) is 2.07. The van der Waals surface area contributed by atoms with Crippen molar-refractivity contribution in [3.05, 3.63) is 0 Å². The lowest BCUT2D eigenvalue weighted by Gasteiger charge is -2.24. The molecular formula is C16H29N5O7. The van der Waals surface area contributed by atoms with Gasteiger partial charge in [-0.3, -0.25) is 19.2 Å². The minimum Gasteiger partial charge on any atom is -0.480 e.